The number of carbonyl (C=O) groups is 2. The molecule has 0 aromatic heterocycles. The largest absolute Gasteiger partial charge is 0.481 e. The summed E-state index contributed by atoms with van der Waals surface area (Å²) in [5.41, 5.74) is 0.636. The summed E-state index contributed by atoms with van der Waals surface area (Å²) in [6.45, 7) is 2.12. The topological polar surface area (TPSA) is 94.8 Å². The lowest BCUT2D eigenvalue weighted by molar-refractivity contribution is -0.137. The SMILES string of the molecule is CCCCCC(O)C/C=C1/C(=O)CC(O)C1CC=CCCCC(=O)O. The third-order valence-corrected chi connectivity index (χ3v) is 4.65. The van der Waals surface area contributed by atoms with Crippen molar-refractivity contribution in [2.24, 2.45) is 5.92 Å². The van der Waals surface area contributed by atoms with Crippen LogP contribution in [0.5, 0.6) is 0 Å². The Morgan fingerprint density at radius 2 is 2.04 bits per heavy atom. The van der Waals surface area contributed by atoms with Crippen LogP contribution < -0.4 is 0 Å². The van der Waals surface area contributed by atoms with Crippen LogP contribution in [-0.4, -0.2) is 39.3 Å². The molecule has 0 saturated heterocycles. The van der Waals surface area contributed by atoms with Gasteiger partial charge in [-0.3, -0.25) is 9.59 Å². The van der Waals surface area contributed by atoms with Gasteiger partial charge >= 0.3 is 5.97 Å². The Morgan fingerprint density at radius 1 is 1.28 bits per heavy atom. The number of allylic oxidation sites excluding steroid dienone is 2. The predicted molar refractivity (Wildman–Crippen MR) is 97.2 cm³/mol. The van der Waals surface area contributed by atoms with Gasteiger partial charge < -0.3 is 15.3 Å². The molecule has 0 spiro atoms. The molecule has 25 heavy (non-hydrogen) atoms. The van der Waals surface area contributed by atoms with Gasteiger partial charge in [0.1, 0.15) is 0 Å². The third-order valence-electron chi connectivity index (χ3n) is 4.65. The number of unbranched alkanes of at least 4 members (excludes halogenated alkanes) is 3. The molecule has 1 aliphatic rings. The summed E-state index contributed by atoms with van der Waals surface area (Å²) in [7, 11) is 0. The Labute approximate surface area is 150 Å². The Kier molecular flexibility index (Phi) is 10.3. The molecule has 0 aliphatic heterocycles. The number of Topliss-reactive ketones (excluding diaryl/α,β-unsaturated/α-hetero) is 1. The van der Waals surface area contributed by atoms with Crippen molar-refractivity contribution in [2.75, 3.05) is 0 Å². The normalized spacial score (nSPS) is 23.6. The van der Waals surface area contributed by atoms with E-state index in [1.807, 2.05) is 12.2 Å². The second-order valence-electron chi connectivity index (χ2n) is 6.84. The van der Waals surface area contributed by atoms with E-state index in [1.54, 1.807) is 6.08 Å². The van der Waals surface area contributed by atoms with Crippen molar-refractivity contribution in [3.63, 3.8) is 0 Å². The zero-order chi connectivity index (χ0) is 18.7. The first-order valence-corrected chi connectivity index (χ1v) is 9.41. The van der Waals surface area contributed by atoms with Crippen LogP contribution >= 0.6 is 0 Å². The molecule has 1 fully saturated rings. The molecule has 0 bridgehead atoms. The summed E-state index contributed by atoms with van der Waals surface area (Å²) in [4.78, 5) is 22.5. The van der Waals surface area contributed by atoms with Gasteiger partial charge in [-0.15, -0.1) is 0 Å². The number of rotatable bonds is 12. The van der Waals surface area contributed by atoms with Crippen LogP contribution in [0.2, 0.25) is 0 Å². The molecule has 5 nitrogen and oxygen atoms in total. The molecule has 1 saturated carbocycles. The van der Waals surface area contributed by atoms with Gasteiger partial charge in [0, 0.05) is 18.8 Å². The molecule has 0 amide bonds. The monoisotopic (exact) mass is 352 g/mol. The maximum Gasteiger partial charge on any atom is 0.303 e. The van der Waals surface area contributed by atoms with Gasteiger partial charge in [-0.2, -0.15) is 0 Å². The Bertz CT molecular complexity index is 480. The zero-order valence-electron chi connectivity index (χ0n) is 15.2. The van der Waals surface area contributed by atoms with E-state index in [1.165, 1.54) is 0 Å². The molecule has 0 heterocycles. The highest BCUT2D eigenvalue weighted by Gasteiger charge is 2.35. The van der Waals surface area contributed by atoms with Gasteiger partial charge in [-0.1, -0.05) is 44.4 Å². The van der Waals surface area contributed by atoms with Gasteiger partial charge in [0.25, 0.3) is 0 Å². The number of carboxylic acid groups (broad SMARTS) is 1. The predicted octanol–water partition coefficient (Wildman–Crippen LogP) is 3.40. The lowest BCUT2D eigenvalue weighted by atomic mass is 9.94. The second-order valence-corrected chi connectivity index (χ2v) is 6.84. The van der Waals surface area contributed by atoms with Gasteiger partial charge in [-0.05, 0) is 37.7 Å². The fourth-order valence-corrected chi connectivity index (χ4v) is 3.16. The standard InChI is InChI=1S/C20H32O5/c1-2-3-6-9-15(21)12-13-17-16(18(22)14-19(17)23)10-7-4-5-8-11-20(24)25/h4,7,13,15-16,18,21-22H,2-3,5-6,8-12,14H2,1H3,(H,24,25)/b7-4?,17-13+. The summed E-state index contributed by atoms with van der Waals surface area (Å²) in [5.74, 6) is -1.04. The van der Waals surface area contributed by atoms with E-state index in [-0.39, 0.29) is 24.5 Å². The van der Waals surface area contributed by atoms with E-state index in [0.717, 1.165) is 25.7 Å². The van der Waals surface area contributed by atoms with Crippen molar-refractivity contribution in [3.8, 4) is 0 Å². The lowest BCUT2D eigenvalue weighted by Crippen LogP contribution is -2.14. The van der Waals surface area contributed by atoms with Crippen LogP contribution in [-0.2, 0) is 9.59 Å². The first-order valence-electron chi connectivity index (χ1n) is 9.41. The number of carbonyl (C=O) groups excluding carboxylic acids is 1. The molecule has 0 aromatic carbocycles. The van der Waals surface area contributed by atoms with Gasteiger partial charge in [0.2, 0.25) is 0 Å². The fraction of sp³-hybridized carbons (Fsp3) is 0.700. The molecule has 1 aliphatic carbocycles. The van der Waals surface area contributed by atoms with Crippen LogP contribution in [0.1, 0.15) is 71.1 Å². The average molecular weight is 352 g/mol. The van der Waals surface area contributed by atoms with E-state index in [4.69, 9.17) is 5.11 Å². The number of aliphatic hydroxyl groups is 2. The van der Waals surface area contributed by atoms with Crippen LogP contribution in [0, 0.1) is 5.92 Å². The second kappa shape index (κ2) is 12.0. The van der Waals surface area contributed by atoms with Crippen LogP contribution in [0.25, 0.3) is 0 Å². The van der Waals surface area contributed by atoms with E-state index in [9.17, 15) is 19.8 Å². The number of carboxylic acids is 1. The number of aliphatic hydroxyl groups excluding tert-OH is 2. The quantitative estimate of drug-likeness (QED) is 0.284. The Hall–Kier alpha value is -1.46. The molecule has 0 radical (unpaired) electrons. The Morgan fingerprint density at radius 3 is 2.72 bits per heavy atom. The van der Waals surface area contributed by atoms with Crippen molar-refractivity contribution in [1.82, 2.24) is 0 Å². The van der Waals surface area contributed by atoms with Crippen molar-refractivity contribution in [1.29, 1.82) is 0 Å². The van der Waals surface area contributed by atoms with E-state index >= 15 is 0 Å². The number of aliphatic carboxylic acids is 1. The first-order chi connectivity index (χ1) is 12.0. The number of hydrogen-bond acceptors (Lipinski definition) is 4. The van der Waals surface area contributed by atoms with E-state index in [2.05, 4.69) is 6.92 Å². The summed E-state index contributed by atoms with van der Waals surface area (Å²) in [6.07, 6.45) is 11.1. The van der Waals surface area contributed by atoms with Crippen molar-refractivity contribution >= 4 is 11.8 Å². The highest BCUT2D eigenvalue weighted by atomic mass is 16.4. The van der Waals surface area contributed by atoms with Crippen molar-refractivity contribution in [2.45, 2.75) is 83.3 Å². The van der Waals surface area contributed by atoms with E-state index < -0.39 is 18.2 Å². The highest BCUT2D eigenvalue weighted by Crippen LogP contribution is 2.32. The smallest absolute Gasteiger partial charge is 0.303 e. The molecular weight excluding hydrogens is 320 g/mol. The molecular formula is C20H32O5. The first kappa shape index (κ1) is 21.6. The molecule has 142 valence electrons. The van der Waals surface area contributed by atoms with Crippen LogP contribution in [0.3, 0.4) is 0 Å². The third kappa shape index (κ3) is 8.45. The lowest BCUT2D eigenvalue weighted by Gasteiger charge is -2.14. The van der Waals surface area contributed by atoms with Gasteiger partial charge in [0.15, 0.2) is 5.78 Å². The number of ketones is 1. The summed E-state index contributed by atoms with van der Waals surface area (Å²) in [5, 5.41) is 28.7. The molecule has 0 aromatic rings. The highest BCUT2D eigenvalue weighted by molar-refractivity contribution is 5.98. The zero-order valence-corrected chi connectivity index (χ0v) is 15.2. The average Bonchev–Trinajstić information content (AvgIpc) is 2.82. The van der Waals surface area contributed by atoms with Gasteiger partial charge in [0.05, 0.1) is 12.2 Å². The van der Waals surface area contributed by atoms with Gasteiger partial charge in [-0.25, -0.2) is 0 Å². The molecule has 3 unspecified atom stereocenters. The van der Waals surface area contributed by atoms with Crippen molar-refractivity contribution < 1.29 is 24.9 Å². The minimum atomic E-state index is -0.798. The Balaban J connectivity index is 2.49. The number of hydrogen-bond donors (Lipinski definition) is 3. The van der Waals surface area contributed by atoms with Crippen molar-refractivity contribution in [3.05, 3.63) is 23.8 Å². The molecule has 1 rings (SSSR count). The maximum absolute atomic E-state index is 12.1. The van der Waals surface area contributed by atoms with Crippen LogP contribution in [0.4, 0.5) is 0 Å². The fourth-order valence-electron chi connectivity index (χ4n) is 3.16. The summed E-state index contributed by atoms with van der Waals surface area (Å²) >= 11 is 0. The minimum Gasteiger partial charge on any atom is -0.481 e. The minimum absolute atomic E-state index is 0.0301. The maximum atomic E-state index is 12.1. The summed E-state index contributed by atoms with van der Waals surface area (Å²) in [6, 6.07) is 0. The van der Waals surface area contributed by atoms with Crippen LogP contribution in [0.15, 0.2) is 23.8 Å². The molecule has 3 N–H and O–H groups in total. The molecule has 3 atom stereocenters. The van der Waals surface area contributed by atoms with E-state index in [0.29, 0.717) is 31.3 Å². The molecule has 5 heteroatoms. The summed E-state index contributed by atoms with van der Waals surface area (Å²) < 4.78 is 0.